The first-order valence-electron chi connectivity index (χ1n) is 6.90. The van der Waals surface area contributed by atoms with Crippen molar-refractivity contribution in [2.24, 2.45) is 11.7 Å². The van der Waals surface area contributed by atoms with Gasteiger partial charge in [-0.15, -0.1) is 0 Å². The fourth-order valence-corrected chi connectivity index (χ4v) is 4.59. The van der Waals surface area contributed by atoms with Gasteiger partial charge in [0.2, 0.25) is 0 Å². The van der Waals surface area contributed by atoms with E-state index in [4.69, 9.17) is 5.73 Å². The molecule has 1 aliphatic heterocycles. The van der Waals surface area contributed by atoms with Gasteiger partial charge in [-0.3, -0.25) is 4.90 Å². The Morgan fingerprint density at radius 3 is 2.56 bits per heavy atom. The molecule has 1 aliphatic carbocycles. The molecule has 0 radical (unpaired) electrons. The molecule has 94 valence electrons. The first-order valence-corrected chi connectivity index (χ1v) is 8.05. The van der Waals surface area contributed by atoms with E-state index in [9.17, 15) is 0 Å². The predicted molar refractivity (Wildman–Crippen MR) is 72.9 cm³/mol. The molecule has 0 spiro atoms. The third-order valence-electron chi connectivity index (χ3n) is 4.37. The lowest BCUT2D eigenvalue weighted by Crippen LogP contribution is -2.47. The summed E-state index contributed by atoms with van der Waals surface area (Å²) in [7, 11) is 0. The van der Waals surface area contributed by atoms with Crippen molar-refractivity contribution in [1.82, 2.24) is 4.90 Å². The highest BCUT2D eigenvalue weighted by molar-refractivity contribution is 7.99. The van der Waals surface area contributed by atoms with Gasteiger partial charge >= 0.3 is 0 Å². The van der Waals surface area contributed by atoms with Gasteiger partial charge in [-0.1, -0.05) is 13.3 Å². The van der Waals surface area contributed by atoms with E-state index in [0.717, 1.165) is 24.5 Å². The Bertz CT molecular complexity index is 204. The van der Waals surface area contributed by atoms with E-state index in [0.29, 0.717) is 0 Å². The van der Waals surface area contributed by atoms with Crippen molar-refractivity contribution in [3.63, 3.8) is 0 Å². The molecule has 2 rings (SSSR count). The average molecular weight is 242 g/mol. The van der Waals surface area contributed by atoms with Gasteiger partial charge in [0, 0.05) is 12.1 Å². The molecule has 3 heteroatoms. The molecule has 2 aliphatic rings. The van der Waals surface area contributed by atoms with Crippen molar-refractivity contribution in [2.45, 2.75) is 51.1 Å². The summed E-state index contributed by atoms with van der Waals surface area (Å²) in [6, 6.07) is 1.64. The highest BCUT2D eigenvalue weighted by atomic mass is 32.2. The van der Waals surface area contributed by atoms with Crippen molar-refractivity contribution in [3.8, 4) is 0 Å². The molecule has 1 saturated carbocycles. The normalized spacial score (nSPS) is 32.4. The molecule has 2 N–H and O–H groups in total. The standard InChI is InChI=1S/C13H26N2S/c1-2-15(12-6-8-16-9-7-12)13-5-3-4-11(13)10-14/h11-13H,2-10,14H2,1H3. The lowest BCUT2D eigenvalue weighted by Gasteiger charge is -2.40. The Morgan fingerprint density at radius 1 is 1.19 bits per heavy atom. The minimum absolute atomic E-state index is 0.773. The van der Waals surface area contributed by atoms with Crippen LogP contribution in [0.5, 0.6) is 0 Å². The highest BCUT2D eigenvalue weighted by Crippen LogP contribution is 2.33. The van der Waals surface area contributed by atoms with Crippen LogP contribution in [0.4, 0.5) is 0 Å². The largest absolute Gasteiger partial charge is 0.330 e. The van der Waals surface area contributed by atoms with Crippen LogP contribution in [0.1, 0.15) is 39.0 Å². The van der Waals surface area contributed by atoms with Gasteiger partial charge in [0.15, 0.2) is 0 Å². The fourth-order valence-electron chi connectivity index (χ4n) is 3.51. The number of nitrogens with zero attached hydrogens (tertiary/aromatic N) is 1. The number of rotatable bonds is 4. The molecule has 1 saturated heterocycles. The van der Waals surface area contributed by atoms with Gasteiger partial charge in [-0.2, -0.15) is 11.8 Å². The zero-order valence-corrected chi connectivity index (χ0v) is 11.3. The molecule has 2 atom stereocenters. The van der Waals surface area contributed by atoms with Gasteiger partial charge in [0.25, 0.3) is 0 Å². The van der Waals surface area contributed by atoms with Crippen LogP contribution in [-0.4, -0.2) is 41.6 Å². The average Bonchev–Trinajstić information content (AvgIpc) is 2.80. The third kappa shape index (κ3) is 2.74. The second kappa shape index (κ2) is 6.27. The Hall–Kier alpha value is 0.270. The number of hydrogen-bond donors (Lipinski definition) is 1. The summed E-state index contributed by atoms with van der Waals surface area (Å²) < 4.78 is 0. The van der Waals surface area contributed by atoms with Crippen molar-refractivity contribution < 1.29 is 0 Å². The maximum Gasteiger partial charge on any atom is 0.0138 e. The van der Waals surface area contributed by atoms with E-state index in [2.05, 4.69) is 23.6 Å². The fraction of sp³-hybridized carbons (Fsp3) is 1.00. The quantitative estimate of drug-likeness (QED) is 0.820. The molecule has 16 heavy (non-hydrogen) atoms. The van der Waals surface area contributed by atoms with Gasteiger partial charge < -0.3 is 5.73 Å². The van der Waals surface area contributed by atoms with Gasteiger partial charge in [0.1, 0.15) is 0 Å². The van der Waals surface area contributed by atoms with Crippen LogP contribution in [0.15, 0.2) is 0 Å². The number of hydrogen-bond acceptors (Lipinski definition) is 3. The molecule has 2 unspecified atom stereocenters. The second-order valence-corrected chi connectivity index (χ2v) is 6.39. The summed E-state index contributed by atoms with van der Waals surface area (Å²) in [5, 5.41) is 0. The molecule has 0 aromatic rings. The molecule has 0 amide bonds. The van der Waals surface area contributed by atoms with E-state index in [1.54, 1.807) is 0 Å². The monoisotopic (exact) mass is 242 g/mol. The smallest absolute Gasteiger partial charge is 0.0138 e. The molecule has 1 heterocycles. The van der Waals surface area contributed by atoms with Crippen LogP contribution < -0.4 is 5.73 Å². The van der Waals surface area contributed by atoms with Crippen molar-refractivity contribution in [1.29, 1.82) is 0 Å². The lowest BCUT2D eigenvalue weighted by atomic mass is 9.98. The molecule has 0 aromatic heterocycles. The molecular formula is C13H26N2S. The van der Waals surface area contributed by atoms with Crippen molar-refractivity contribution >= 4 is 11.8 Å². The second-order valence-electron chi connectivity index (χ2n) is 5.17. The molecule has 2 nitrogen and oxygen atoms in total. The minimum atomic E-state index is 0.773. The predicted octanol–water partition coefficient (Wildman–Crippen LogP) is 2.33. The molecular weight excluding hydrogens is 216 g/mol. The van der Waals surface area contributed by atoms with Gasteiger partial charge in [-0.05, 0) is 56.2 Å². The van der Waals surface area contributed by atoms with E-state index in [-0.39, 0.29) is 0 Å². The molecule has 0 aromatic carbocycles. The van der Waals surface area contributed by atoms with Crippen LogP contribution in [0.2, 0.25) is 0 Å². The third-order valence-corrected chi connectivity index (χ3v) is 5.42. The van der Waals surface area contributed by atoms with Crippen LogP contribution >= 0.6 is 11.8 Å². The summed E-state index contributed by atoms with van der Waals surface area (Å²) in [4.78, 5) is 2.78. The summed E-state index contributed by atoms with van der Waals surface area (Å²) >= 11 is 2.12. The lowest BCUT2D eigenvalue weighted by molar-refractivity contribution is 0.108. The Balaban J connectivity index is 1.97. The van der Waals surface area contributed by atoms with E-state index in [1.165, 1.54) is 50.2 Å². The highest BCUT2D eigenvalue weighted by Gasteiger charge is 2.34. The summed E-state index contributed by atoms with van der Waals surface area (Å²) in [5.41, 5.74) is 5.92. The van der Waals surface area contributed by atoms with Crippen molar-refractivity contribution in [3.05, 3.63) is 0 Å². The van der Waals surface area contributed by atoms with Gasteiger partial charge in [0.05, 0.1) is 0 Å². The zero-order chi connectivity index (χ0) is 11.4. The van der Waals surface area contributed by atoms with E-state index >= 15 is 0 Å². The van der Waals surface area contributed by atoms with Crippen LogP contribution in [0.3, 0.4) is 0 Å². The Labute approximate surface area is 104 Å². The summed E-state index contributed by atoms with van der Waals surface area (Å²) in [6.45, 7) is 4.44. The zero-order valence-electron chi connectivity index (χ0n) is 10.5. The Morgan fingerprint density at radius 2 is 1.94 bits per heavy atom. The maximum atomic E-state index is 5.92. The maximum absolute atomic E-state index is 5.92. The number of thioether (sulfide) groups is 1. The Kier molecular flexibility index (Phi) is 4.98. The van der Waals surface area contributed by atoms with Crippen LogP contribution in [-0.2, 0) is 0 Å². The summed E-state index contributed by atoms with van der Waals surface area (Å²) in [6.07, 6.45) is 6.93. The van der Waals surface area contributed by atoms with Crippen molar-refractivity contribution in [2.75, 3.05) is 24.6 Å². The molecule has 2 fully saturated rings. The minimum Gasteiger partial charge on any atom is -0.330 e. The first kappa shape index (κ1) is 12.7. The van der Waals surface area contributed by atoms with Crippen LogP contribution in [0.25, 0.3) is 0 Å². The van der Waals surface area contributed by atoms with E-state index < -0.39 is 0 Å². The summed E-state index contributed by atoms with van der Waals surface area (Å²) in [5.74, 6) is 3.50. The topological polar surface area (TPSA) is 29.3 Å². The van der Waals surface area contributed by atoms with E-state index in [1.807, 2.05) is 0 Å². The SMILES string of the molecule is CCN(C1CCSCC1)C1CCCC1CN. The molecule has 0 bridgehead atoms. The van der Waals surface area contributed by atoms with Crippen LogP contribution in [0, 0.1) is 5.92 Å². The van der Waals surface area contributed by atoms with Gasteiger partial charge in [-0.25, -0.2) is 0 Å². The first-order chi connectivity index (χ1) is 7.86. The number of nitrogens with two attached hydrogens (primary N) is 1.